The molecule has 0 saturated carbocycles. The number of methoxy groups -OCH3 is 1. The molecule has 0 amide bonds. The second-order valence-electron chi connectivity index (χ2n) is 10.9. The molecular weight excluding hydrogens is 661 g/mol. The first-order valence-electron chi connectivity index (χ1n) is 14.4. The van der Waals surface area contributed by atoms with E-state index in [0.29, 0.717) is 33.4 Å². The maximum atomic E-state index is 15.0. The van der Waals surface area contributed by atoms with Crippen LogP contribution in [0.25, 0.3) is 49.3 Å². The fraction of sp³-hybridized carbons (Fsp3) is 0.0811. The van der Waals surface area contributed by atoms with Crippen LogP contribution < -0.4 is 0 Å². The number of carbonyl (C=O) groups is 1. The molecule has 6 aromatic rings. The molecule has 0 saturated heterocycles. The van der Waals surface area contributed by atoms with Gasteiger partial charge in [-0.2, -0.15) is 0 Å². The molecule has 1 heterocycles. The fourth-order valence-electron chi connectivity index (χ4n) is 5.79. The number of rotatable bonds is 7. The number of alkyl halides is 2. The van der Waals surface area contributed by atoms with Gasteiger partial charge in [-0.25, -0.2) is 35.2 Å². The van der Waals surface area contributed by atoms with Crippen molar-refractivity contribution in [1.82, 2.24) is 3.97 Å². The van der Waals surface area contributed by atoms with Crippen molar-refractivity contribution in [1.29, 1.82) is 0 Å². The van der Waals surface area contributed by atoms with Gasteiger partial charge in [-0.3, -0.25) is 0 Å². The minimum Gasteiger partial charge on any atom is -0.465 e. The number of ether oxygens (including phenoxy) is 1. The smallest absolute Gasteiger partial charge is 0.337 e. The van der Waals surface area contributed by atoms with Crippen LogP contribution in [0.1, 0.15) is 27.9 Å². The number of nitrogens with zero attached hydrogens (tertiary/aromatic N) is 2. The third kappa shape index (κ3) is 5.61. The lowest BCUT2D eigenvalue weighted by Gasteiger charge is -2.17. The van der Waals surface area contributed by atoms with Gasteiger partial charge in [0, 0.05) is 32.7 Å². The van der Waals surface area contributed by atoms with Crippen molar-refractivity contribution in [3.05, 3.63) is 142 Å². The van der Waals surface area contributed by atoms with E-state index in [-0.39, 0.29) is 43.3 Å². The van der Waals surface area contributed by atoms with Crippen LogP contribution >= 0.6 is 11.6 Å². The van der Waals surface area contributed by atoms with E-state index in [1.807, 2.05) is 0 Å². The molecule has 0 spiro atoms. The number of carbonyl (C=O) groups excluding carboxylic acids is 1. The Morgan fingerprint density at radius 2 is 1.60 bits per heavy atom. The summed E-state index contributed by atoms with van der Waals surface area (Å²) in [4.78, 5) is 15.5. The van der Waals surface area contributed by atoms with Crippen LogP contribution in [-0.4, -0.2) is 25.5 Å². The van der Waals surface area contributed by atoms with Crippen molar-refractivity contribution in [2.75, 3.05) is 7.11 Å². The molecule has 48 heavy (non-hydrogen) atoms. The number of hydrogen-bond acceptors (Lipinski definition) is 4. The molecule has 1 aromatic heterocycles. The maximum Gasteiger partial charge on any atom is 0.337 e. The maximum absolute atomic E-state index is 15.0. The summed E-state index contributed by atoms with van der Waals surface area (Å²) in [6.45, 7) is 9.69. The zero-order valence-electron chi connectivity index (χ0n) is 25.3. The van der Waals surface area contributed by atoms with Crippen molar-refractivity contribution in [3.63, 3.8) is 0 Å². The first kappa shape index (κ1) is 32.6. The monoisotopic (exact) mass is 684 g/mol. The highest BCUT2D eigenvalue weighted by atomic mass is 35.5. The molecule has 0 aliphatic heterocycles. The van der Waals surface area contributed by atoms with Crippen molar-refractivity contribution in [3.8, 4) is 33.5 Å². The van der Waals surface area contributed by atoms with Crippen LogP contribution in [0.5, 0.6) is 0 Å². The Balaban J connectivity index is 1.72. The molecule has 0 N–H and O–H groups in total. The molecular formula is C37H24ClF3N2O4S. The molecule has 0 unspecified atom stereocenters. The van der Waals surface area contributed by atoms with Gasteiger partial charge in [-0.15, -0.1) is 0 Å². The van der Waals surface area contributed by atoms with Gasteiger partial charge in [0.15, 0.2) is 5.69 Å². The molecule has 0 atom stereocenters. The lowest BCUT2D eigenvalue weighted by Crippen LogP contribution is -2.14. The van der Waals surface area contributed by atoms with Gasteiger partial charge < -0.3 is 4.74 Å². The van der Waals surface area contributed by atoms with Gasteiger partial charge in [0.1, 0.15) is 5.82 Å². The average molecular weight is 685 g/mol. The first-order valence-corrected chi connectivity index (χ1v) is 16.2. The molecule has 11 heteroatoms. The number of fused-ring (bicyclic) bond motifs is 1. The van der Waals surface area contributed by atoms with Gasteiger partial charge in [0.2, 0.25) is 0 Å². The zero-order valence-corrected chi connectivity index (χ0v) is 26.9. The van der Waals surface area contributed by atoms with E-state index >= 15 is 4.39 Å². The van der Waals surface area contributed by atoms with E-state index < -0.39 is 28.2 Å². The predicted molar refractivity (Wildman–Crippen MR) is 180 cm³/mol. The molecule has 0 radical (unpaired) electrons. The summed E-state index contributed by atoms with van der Waals surface area (Å²) in [5.41, 5.74) is 3.17. The van der Waals surface area contributed by atoms with Crippen LogP contribution in [0.4, 0.5) is 18.9 Å². The molecule has 6 rings (SSSR count). The normalized spacial score (nSPS) is 11.5. The van der Waals surface area contributed by atoms with E-state index in [1.54, 1.807) is 61.5 Å². The highest BCUT2D eigenvalue weighted by Gasteiger charge is 2.31. The molecule has 0 fully saturated rings. The van der Waals surface area contributed by atoms with Crippen LogP contribution in [0.15, 0.2) is 108 Å². The Kier molecular flexibility index (Phi) is 8.60. The molecule has 240 valence electrons. The highest BCUT2D eigenvalue weighted by molar-refractivity contribution is 7.90. The van der Waals surface area contributed by atoms with E-state index in [9.17, 15) is 22.0 Å². The molecule has 0 aliphatic carbocycles. The van der Waals surface area contributed by atoms with Gasteiger partial charge in [-0.05, 0) is 66.6 Å². The fourth-order valence-corrected chi connectivity index (χ4v) is 7.62. The second-order valence-corrected chi connectivity index (χ2v) is 13.1. The number of benzene rings is 5. The first-order chi connectivity index (χ1) is 23.0. The number of esters is 1. The Hall–Kier alpha value is -5.37. The lowest BCUT2D eigenvalue weighted by molar-refractivity contribution is 0.0600. The van der Waals surface area contributed by atoms with Crippen molar-refractivity contribution >= 4 is 44.2 Å². The van der Waals surface area contributed by atoms with Crippen LogP contribution in [-0.2, 0) is 14.8 Å². The summed E-state index contributed by atoms with van der Waals surface area (Å²) in [6, 6.07) is 24.5. The van der Waals surface area contributed by atoms with Crippen LogP contribution in [0.3, 0.4) is 0 Å². The zero-order chi connectivity index (χ0) is 34.3. The van der Waals surface area contributed by atoms with E-state index in [1.165, 1.54) is 25.3 Å². The second kappa shape index (κ2) is 12.7. The summed E-state index contributed by atoms with van der Waals surface area (Å²) >= 11 is 6.61. The van der Waals surface area contributed by atoms with Gasteiger partial charge in [-0.1, -0.05) is 71.8 Å². The molecule has 5 aromatic carbocycles. The number of aromatic nitrogens is 1. The van der Waals surface area contributed by atoms with Crippen molar-refractivity contribution in [2.45, 2.75) is 18.2 Å². The Morgan fingerprint density at radius 3 is 2.27 bits per heavy atom. The van der Waals surface area contributed by atoms with Gasteiger partial charge in [0.25, 0.3) is 16.4 Å². The summed E-state index contributed by atoms with van der Waals surface area (Å²) in [5.74, 6) is -1.20. The number of halogens is 4. The Labute approximate surface area is 279 Å². The third-order valence-corrected chi connectivity index (χ3v) is 10.1. The summed E-state index contributed by atoms with van der Waals surface area (Å²) in [6.07, 6.45) is -2.80. The summed E-state index contributed by atoms with van der Waals surface area (Å²) in [7, 11) is -3.27. The Morgan fingerprint density at radius 1 is 0.896 bits per heavy atom. The minimum absolute atomic E-state index is 0.115. The predicted octanol–water partition coefficient (Wildman–Crippen LogP) is 10.3. The Bertz CT molecular complexity index is 2400. The van der Waals surface area contributed by atoms with Crippen LogP contribution in [0, 0.1) is 19.3 Å². The SMILES string of the molecule is [C-]#[N+]c1cccc(C)c1-c1c(-c2cccc(-c3ccc(C(=O)OC)cc3Cl)c2)n(S(=O)(=O)c2ccc(C(F)F)cc2)c2ccc(F)cc12. The van der Waals surface area contributed by atoms with Gasteiger partial charge >= 0.3 is 5.97 Å². The van der Waals surface area contributed by atoms with Crippen molar-refractivity contribution < 1.29 is 31.1 Å². The van der Waals surface area contributed by atoms with Crippen molar-refractivity contribution in [2.24, 2.45) is 0 Å². The van der Waals surface area contributed by atoms with Gasteiger partial charge in [0.05, 0.1) is 35.4 Å². The lowest BCUT2D eigenvalue weighted by atomic mass is 9.92. The number of hydrogen-bond donors (Lipinski definition) is 0. The van der Waals surface area contributed by atoms with E-state index in [2.05, 4.69) is 4.85 Å². The largest absolute Gasteiger partial charge is 0.465 e. The van der Waals surface area contributed by atoms with Crippen LogP contribution in [0.2, 0.25) is 5.02 Å². The highest BCUT2D eigenvalue weighted by Crippen LogP contribution is 2.48. The summed E-state index contributed by atoms with van der Waals surface area (Å²) < 4.78 is 76.8. The number of aryl methyl sites for hydroxylation is 1. The standard InChI is InChI=1S/C37H24ClF3N2O4S/c1-21-6-4-9-31(42-2)33(21)34-29-20-26(39)13-17-32(29)43(48(45,46)27-14-10-22(11-15-27)36(40)41)35(34)24-8-5-7-23(18-24)28-16-12-25(19-30(28)38)37(44)47-3/h4-20,36H,1,3H3. The topological polar surface area (TPSA) is 69.7 Å². The molecule has 6 nitrogen and oxygen atoms in total. The van der Waals surface area contributed by atoms with E-state index in [0.717, 1.165) is 34.3 Å². The third-order valence-electron chi connectivity index (χ3n) is 8.02. The quantitative estimate of drug-likeness (QED) is 0.124. The van der Waals surface area contributed by atoms with E-state index in [4.69, 9.17) is 22.9 Å². The molecule has 0 aliphatic rings. The average Bonchev–Trinajstić information content (AvgIpc) is 3.42. The summed E-state index contributed by atoms with van der Waals surface area (Å²) in [5, 5.41) is 0.460. The molecule has 0 bridgehead atoms. The minimum atomic E-state index is -4.53.